The molecule has 0 saturated carbocycles. The van der Waals surface area contributed by atoms with Crippen LogP contribution in [0.15, 0.2) is 139 Å². The van der Waals surface area contributed by atoms with Crippen molar-refractivity contribution in [2.24, 2.45) is 0 Å². The largest absolute Gasteiger partial charge is 0.485 e. The van der Waals surface area contributed by atoms with Gasteiger partial charge < -0.3 is 14.4 Å². The van der Waals surface area contributed by atoms with Gasteiger partial charge >= 0.3 is 0 Å². The maximum atomic E-state index is 6.76. The fraction of sp³-hybridized carbons (Fsp3) is 0.116. The number of allylic oxidation sites excluding steroid dienone is 5. The summed E-state index contributed by atoms with van der Waals surface area (Å²) in [5.74, 6) is 9.51. The summed E-state index contributed by atoms with van der Waals surface area (Å²) in [6.07, 6.45) is 9.12. The molecule has 4 heterocycles. The second-order valence-corrected chi connectivity index (χ2v) is 12.8. The van der Waals surface area contributed by atoms with Gasteiger partial charge in [-0.25, -0.2) is 0 Å². The molecule has 5 aromatic rings. The van der Waals surface area contributed by atoms with Crippen LogP contribution in [0.1, 0.15) is 26.2 Å². The molecule has 0 bridgehead atoms. The Labute approximate surface area is 281 Å². The molecule has 5 aliphatic rings. The molecule has 4 nitrogen and oxygen atoms in total. The molecule has 48 heavy (non-hydrogen) atoms. The zero-order valence-corrected chi connectivity index (χ0v) is 26.7. The number of rotatable bonds is 4. The van der Waals surface area contributed by atoms with Crippen molar-refractivity contribution in [1.29, 1.82) is 0 Å². The number of fused-ring (bicyclic) bond motifs is 7. The summed E-state index contributed by atoms with van der Waals surface area (Å²) in [5, 5.41) is 0. The fourth-order valence-electron chi connectivity index (χ4n) is 7.98. The Hall–Kier alpha value is -5.86. The van der Waals surface area contributed by atoms with E-state index in [0.717, 1.165) is 65.0 Å². The third-order valence-corrected chi connectivity index (χ3v) is 10.1. The maximum absolute atomic E-state index is 6.76. The Morgan fingerprint density at radius 2 is 1.42 bits per heavy atom. The van der Waals surface area contributed by atoms with Crippen molar-refractivity contribution in [2.75, 3.05) is 16.4 Å². The minimum atomic E-state index is -0.0463. The average molecular weight is 619 g/mol. The molecule has 0 fully saturated rings. The van der Waals surface area contributed by atoms with Crippen LogP contribution in [0.3, 0.4) is 0 Å². The van der Waals surface area contributed by atoms with E-state index in [1.165, 1.54) is 44.3 Å². The lowest BCUT2D eigenvalue weighted by atomic mass is 9.33. The molecule has 0 radical (unpaired) electrons. The van der Waals surface area contributed by atoms with Gasteiger partial charge in [-0.05, 0) is 69.2 Å². The van der Waals surface area contributed by atoms with Crippen molar-refractivity contribution in [3.8, 4) is 45.6 Å². The van der Waals surface area contributed by atoms with Gasteiger partial charge in [0.1, 0.15) is 23.8 Å². The number of nitrogens with zero attached hydrogens (tertiary/aromatic N) is 2. The van der Waals surface area contributed by atoms with Crippen molar-refractivity contribution in [3.05, 3.63) is 139 Å². The molecule has 5 aromatic carbocycles. The Morgan fingerprint density at radius 1 is 0.750 bits per heavy atom. The van der Waals surface area contributed by atoms with Gasteiger partial charge in [-0.15, -0.1) is 0 Å². The summed E-state index contributed by atoms with van der Waals surface area (Å²) in [6, 6.07) is 37.4. The predicted octanol–water partition coefficient (Wildman–Crippen LogP) is 8.08. The Kier molecular flexibility index (Phi) is 6.02. The standard InChI is InChI=1S/C43H31BN2O2/c1-2-3-6-17-32-27-47-39-26-40-43-41-42(39)45(32)35-22-20-30(28-13-7-4-8-14-28)24-33(35)44(41)34-25-31(29-15-9-5-10-16-29)21-23-36(34)46(43)37-18-11-12-19-38(37)48-40/h3-10,13-17,20-26H,2,12,19,27H2,1H3/b6-3-,32-17+. The van der Waals surface area contributed by atoms with Crippen LogP contribution >= 0.6 is 0 Å². The predicted molar refractivity (Wildman–Crippen MR) is 197 cm³/mol. The Balaban J connectivity index is 1.31. The topological polar surface area (TPSA) is 24.9 Å². The van der Waals surface area contributed by atoms with E-state index in [0.29, 0.717) is 6.61 Å². The van der Waals surface area contributed by atoms with Crippen molar-refractivity contribution in [2.45, 2.75) is 26.2 Å². The second-order valence-electron chi connectivity index (χ2n) is 12.8. The first-order valence-corrected chi connectivity index (χ1v) is 16.9. The molecule has 0 spiro atoms. The summed E-state index contributed by atoms with van der Waals surface area (Å²) in [4.78, 5) is 4.82. The summed E-state index contributed by atoms with van der Waals surface area (Å²) in [7, 11) is 0. The van der Waals surface area contributed by atoms with Crippen LogP contribution in [-0.4, -0.2) is 13.3 Å². The average Bonchev–Trinajstić information content (AvgIpc) is 3.15. The van der Waals surface area contributed by atoms with Gasteiger partial charge in [0.2, 0.25) is 0 Å². The Bertz CT molecular complexity index is 2330. The third-order valence-electron chi connectivity index (χ3n) is 10.1. The highest BCUT2D eigenvalue weighted by molar-refractivity contribution is 7.00. The van der Waals surface area contributed by atoms with Gasteiger partial charge in [0.05, 0.1) is 17.1 Å². The van der Waals surface area contributed by atoms with E-state index < -0.39 is 0 Å². The van der Waals surface area contributed by atoms with E-state index in [1.54, 1.807) is 0 Å². The molecule has 0 unspecified atom stereocenters. The first-order chi connectivity index (χ1) is 23.8. The Morgan fingerprint density at radius 3 is 2.10 bits per heavy atom. The van der Waals surface area contributed by atoms with Crippen LogP contribution < -0.4 is 35.7 Å². The van der Waals surface area contributed by atoms with E-state index in [2.05, 4.69) is 150 Å². The molecule has 0 saturated heterocycles. The first kappa shape index (κ1) is 27.3. The van der Waals surface area contributed by atoms with E-state index in [-0.39, 0.29) is 6.71 Å². The summed E-state index contributed by atoms with van der Waals surface area (Å²) in [5.41, 5.74) is 15.1. The maximum Gasteiger partial charge on any atom is 0.252 e. The summed E-state index contributed by atoms with van der Waals surface area (Å²) in [6.45, 7) is 2.59. The van der Waals surface area contributed by atoms with Crippen LogP contribution in [-0.2, 0) is 0 Å². The minimum Gasteiger partial charge on any atom is -0.485 e. The number of anilines is 4. The third kappa shape index (κ3) is 3.93. The highest BCUT2D eigenvalue weighted by Gasteiger charge is 2.49. The lowest BCUT2D eigenvalue weighted by molar-refractivity contribution is 0.334. The summed E-state index contributed by atoms with van der Waals surface area (Å²) >= 11 is 0. The van der Waals surface area contributed by atoms with Crippen LogP contribution in [0, 0.1) is 11.8 Å². The lowest BCUT2D eigenvalue weighted by Crippen LogP contribution is -2.63. The molecule has 228 valence electrons. The van der Waals surface area contributed by atoms with Crippen LogP contribution in [0.25, 0.3) is 22.3 Å². The molecule has 4 aliphatic heterocycles. The van der Waals surface area contributed by atoms with Crippen molar-refractivity contribution >= 4 is 45.9 Å². The van der Waals surface area contributed by atoms with Crippen LogP contribution in [0.2, 0.25) is 0 Å². The van der Waals surface area contributed by atoms with Gasteiger partial charge in [-0.1, -0.05) is 110 Å². The van der Waals surface area contributed by atoms with Gasteiger partial charge in [0, 0.05) is 30.3 Å². The second kappa shape index (κ2) is 10.6. The zero-order valence-electron chi connectivity index (χ0n) is 26.7. The summed E-state index contributed by atoms with van der Waals surface area (Å²) < 4.78 is 13.4. The zero-order chi connectivity index (χ0) is 31.8. The van der Waals surface area contributed by atoms with Gasteiger partial charge in [-0.2, -0.15) is 0 Å². The van der Waals surface area contributed by atoms with E-state index in [9.17, 15) is 0 Å². The number of hydrogen-bond donors (Lipinski definition) is 0. The molecular weight excluding hydrogens is 587 g/mol. The first-order valence-electron chi connectivity index (χ1n) is 16.9. The molecule has 0 amide bonds. The van der Waals surface area contributed by atoms with Gasteiger partial charge in [0.15, 0.2) is 5.75 Å². The van der Waals surface area contributed by atoms with E-state index in [1.807, 2.05) is 0 Å². The molecule has 10 rings (SSSR count). The minimum absolute atomic E-state index is 0.0463. The van der Waals surface area contributed by atoms with Crippen LogP contribution in [0.5, 0.6) is 11.5 Å². The highest BCUT2D eigenvalue weighted by Crippen LogP contribution is 2.53. The van der Waals surface area contributed by atoms with Crippen molar-refractivity contribution < 1.29 is 9.47 Å². The van der Waals surface area contributed by atoms with Gasteiger partial charge in [-0.3, -0.25) is 4.90 Å². The van der Waals surface area contributed by atoms with E-state index in [4.69, 9.17) is 9.47 Å². The SMILES string of the molecule is CC/C=C\C=C1/COc2cc3c4c5c2N1c1ccc(-c2ccccc2)cc1B5c1cc(-c2ccccc2)ccc1N4C1=C(CCC#C1)O3. The van der Waals surface area contributed by atoms with E-state index >= 15 is 0 Å². The molecule has 0 atom stereocenters. The van der Waals surface area contributed by atoms with Gasteiger partial charge in [0.25, 0.3) is 6.71 Å². The van der Waals surface area contributed by atoms with Crippen molar-refractivity contribution in [3.63, 3.8) is 0 Å². The number of ether oxygens (including phenoxy) is 2. The molecule has 0 aromatic heterocycles. The van der Waals surface area contributed by atoms with Crippen LogP contribution in [0.4, 0.5) is 22.7 Å². The molecule has 1 aliphatic carbocycles. The molecule has 0 N–H and O–H groups in total. The number of benzene rings is 5. The number of hydrogen-bond acceptors (Lipinski definition) is 4. The van der Waals surface area contributed by atoms with Crippen molar-refractivity contribution in [1.82, 2.24) is 0 Å². The monoisotopic (exact) mass is 618 g/mol. The molecule has 5 heteroatoms. The quantitative estimate of drug-likeness (QED) is 0.150. The smallest absolute Gasteiger partial charge is 0.252 e. The normalized spacial score (nSPS) is 16.8. The fourth-order valence-corrected chi connectivity index (χ4v) is 7.98. The lowest BCUT2D eigenvalue weighted by Gasteiger charge is -2.48. The molecular formula is C43H31BN2O2. The highest BCUT2D eigenvalue weighted by atomic mass is 16.5.